The van der Waals surface area contributed by atoms with Crippen molar-refractivity contribution in [2.75, 3.05) is 11.9 Å². The van der Waals surface area contributed by atoms with Crippen LogP contribution in [-0.2, 0) is 0 Å². The minimum absolute atomic E-state index is 0.0651. The van der Waals surface area contributed by atoms with E-state index < -0.39 is 0 Å². The summed E-state index contributed by atoms with van der Waals surface area (Å²) in [4.78, 5) is 12.9. The molecule has 1 fully saturated rings. The second-order valence-electron chi connectivity index (χ2n) is 5.23. The van der Waals surface area contributed by atoms with Crippen molar-refractivity contribution in [3.8, 4) is 0 Å². The molecule has 5 heteroatoms. The van der Waals surface area contributed by atoms with E-state index in [9.17, 15) is 4.79 Å². The molecule has 1 aliphatic carbocycles. The van der Waals surface area contributed by atoms with Gasteiger partial charge in [-0.05, 0) is 44.0 Å². The SMILES string of the molecule is C[C@@H](CO)NC(=O)Nc1ccc(SC2CCCC2)cc1. The topological polar surface area (TPSA) is 61.4 Å². The molecule has 0 unspecified atom stereocenters. The van der Waals surface area contributed by atoms with Gasteiger partial charge in [-0.2, -0.15) is 0 Å². The summed E-state index contributed by atoms with van der Waals surface area (Å²) in [5.74, 6) is 0. The lowest BCUT2D eigenvalue weighted by atomic mass is 10.3. The van der Waals surface area contributed by atoms with E-state index in [1.165, 1.54) is 30.6 Å². The fourth-order valence-electron chi connectivity index (χ4n) is 2.25. The van der Waals surface area contributed by atoms with Crippen molar-refractivity contribution in [1.29, 1.82) is 0 Å². The van der Waals surface area contributed by atoms with Gasteiger partial charge in [0.1, 0.15) is 0 Å². The minimum atomic E-state index is -0.289. The maximum atomic E-state index is 11.6. The molecule has 1 aromatic rings. The predicted octanol–water partition coefficient (Wildman–Crippen LogP) is 3.22. The van der Waals surface area contributed by atoms with Crippen LogP contribution in [0.1, 0.15) is 32.6 Å². The first-order chi connectivity index (χ1) is 9.67. The fourth-order valence-corrected chi connectivity index (χ4v) is 3.50. The Morgan fingerprint density at radius 1 is 1.35 bits per heavy atom. The zero-order valence-corrected chi connectivity index (χ0v) is 12.6. The van der Waals surface area contributed by atoms with Gasteiger partial charge >= 0.3 is 6.03 Å². The van der Waals surface area contributed by atoms with Gasteiger partial charge in [0.2, 0.25) is 0 Å². The van der Waals surface area contributed by atoms with E-state index in [-0.39, 0.29) is 18.7 Å². The Labute approximate surface area is 124 Å². The number of benzene rings is 1. The van der Waals surface area contributed by atoms with Crippen molar-refractivity contribution in [2.24, 2.45) is 0 Å². The number of thioether (sulfide) groups is 1. The zero-order chi connectivity index (χ0) is 14.4. The summed E-state index contributed by atoms with van der Waals surface area (Å²) in [6, 6.07) is 7.40. The summed E-state index contributed by atoms with van der Waals surface area (Å²) in [6.07, 6.45) is 5.32. The van der Waals surface area contributed by atoms with Gasteiger partial charge in [-0.15, -0.1) is 11.8 Å². The molecule has 0 spiro atoms. The standard InChI is InChI=1S/C15H22N2O2S/c1-11(10-18)16-15(19)17-12-6-8-14(9-7-12)20-13-4-2-3-5-13/h6-9,11,13,18H,2-5,10H2,1H3,(H2,16,17,19)/t11-/m0/s1. The summed E-state index contributed by atoms with van der Waals surface area (Å²) in [7, 11) is 0. The van der Waals surface area contributed by atoms with Crippen molar-refractivity contribution >= 4 is 23.5 Å². The summed E-state index contributed by atoms with van der Waals surface area (Å²) in [5.41, 5.74) is 0.767. The molecule has 2 amide bonds. The van der Waals surface area contributed by atoms with Gasteiger partial charge in [0, 0.05) is 15.8 Å². The van der Waals surface area contributed by atoms with E-state index in [0.29, 0.717) is 0 Å². The highest BCUT2D eigenvalue weighted by Gasteiger charge is 2.15. The Hall–Kier alpha value is -1.20. The predicted molar refractivity (Wildman–Crippen MR) is 83.3 cm³/mol. The minimum Gasteiger partial charge on any atom is -0.394 e. The molecule has 1 aliphatic rings. The highest BCUT2D eigenvalue weighted by Crippen LogP contribution is 2.34. The molecule has 0 aromatic heterocycles. The molecule has 0 bridgehead atoms. The van der Waals surface area contributed by atoms with Crippen LogP contribution in [0.3, 0.4) is 0 Å². The Bertz CT molecular complexity index is 430. The molecule has 1 atom stereocenters. The number of hydrogen-bond donors (Lipinski definition) is 3. The Kier molecular flexibility index (Phi) is 5.73. The molecule has 3 N–H and O–H groups in total. The number of aliphatic hydroxyl groups is 1. The third kappa shape index (κ3) is 4.72. The average molecular weight is 294 g/mol. The van der Waals surface area contributed by atoms with Crippen LogP contribution in [0, 0.1) is 0 Å². The van der Waals surface area contributed by atoms with Crippen molar-refractivity contribution in [3.05, 3.63) is 24.3 Å². The largest absolute Gasteiger partial charge is 0.394 e. The van der Waals surface area contributed by atoms with Gasteiger partial charge in [-0.1, -0.05) is 12.8 Å². The lowest BCUT2D eigenvalue weighted by Gasteiger charge is -2.13. The lowest BCUT2D eigenvalue weighted by Crippen LogP contribution is -2.38. The molecule has 4 nitrogen and oxygen atoms in total. The molecule has 20 heavy (non-hydrogen) atoms. The van der Waals surface area contributed by atoms with Crippen molar-refractivity contribution in [3.63, 3.8) is 0 Å². The van der Waals surface area contributed by atoms with Crippen LogP contribution in [0.4, 0.5) is 10.5 Å². The van der Waals surface area contributed by atoms with Crippen LogP contribution >= 0.6 is 11.8 Å². The molecule has 1 aromatic carbocycles. The van der Waals surface area contributed by atoms with Gasteiger partial charge < -0.3 is 15.7 Å². The number of carbonyl (C=O) groups is 1. The van der Waals surface area contributed by atoms with Crippen LogP contribution in [0.15, 0.2) is 29.2 Å². The third-order valence-corrected chi connectivity index (χ3v) is 4.72. The van der Waals surface area contributed by atoms with Crippen LogP contribution in [0.5, 0.6) is 0 Å². The summed E-state index contributed by atoms with van der Waals surface area (Å²) >= 11 is 1.93. The molecular weight excluding hydrogens is 272 g/mol. The van der Waals surface area contributed by atoms with E-state index in [2.05, 4.69) is 10.6 Å². The molecule has 1 saturated carbocycles. The first kappa shape index (κ1) is 15.2. The summed E-state index contributed by atoms with van der Waals surface area (Å²) in [6.45, 7) is 1.69. The normalized spacial score (nSPS) is 16.9. The van der Waals surface area contributed by atoms with Gasteiger partial charge in [0.25, 0.3) is 0 Å². The van der Waals surface area contributed by atoms with E-state index in [4.69, 9.17) is 5.11 Å². The first-order valence-electron chi connectivity index (χ1n) is 7.12. The number of anilines is 1. The van der Waals surface area contributed by atoms with Crippen molar-refractivity contribution in [2.45, 2.75) is 48.8 Å². The smallest absolute Gasteiger partial charge is 0.319 e. The van der Waals surface area contributed by atoms with Gasteiger partial charge in [0.05, 0.1) is 12.6 Å². The maximum Gasteiger partial charge on any atom is 0.319 e. The molecule has 0 heterocycles. The fraction of sp³-hybridized carbons (Fsp3) is 0.533. The molecule has 0 aliphatic heterocycles. The highest BCUT2D eigenvalue weighted by molar-refractivity contribution is 8.00. The first-order valence-corrected chi connectivity index (χ1v) is 8.00. The van der Waals surface area contributed by atoms with E-state index in [0.717, 1.165) is 10.9 Å². The number of aliphatic hydroxyl groups excluding tert-OH is 1. The monoisotopic (exact) mass is 294 g/mol. The van der Waals surface area contributed by atoms with E-state index >= 15 is 0 Å². The Morgan fingerprint density at radius 2 is 2.00 bits per heavy atom. The quantitative estimate of drug-likeness (QED) is 0.781. The number of carbonyl (C=O) groups excluding carboxylic acids is 1. The third-order valence-electron chi connectivity index (χ3n) is 3.37. The number of rotatable bonds is 5. The second kappa shape index (κ2) is 7.55. The Balaban J connectivity index is 1.83. The summed E-state index contributed by atoms with van der Waals surface area (Å²) in [5, 5.41) is 15.0. The Morgan fingerprint density at radius 3 is 2.60 bits per heavy atom. The number of hydrogen-bond acceptors (Lipinski definition) is 3. The molecule has 2 rings (SSSR count). The maximum absolute atomic E-state index is 11.6. The average Bonchev–Trinajstić information content (AvgIpc) is 2.93. The lowest BCUT2D eigenvalue weighted by molar-refractivity contribution is 0.229. The van der Waals surface area contributed by atoms with Crippen LogP contribution in [-0.4, -0.2) is 29.0 Å². The molecule has 0 saturated heterocycles. The molecule has 110 valence electrons. The summed E-state index contributed by atoms with van der Waals surface area (Å²) < 4.78 is 0. The number of nitrogens with one attached hydrogen (secondary N) is 2. The van der Waals surface area contributed by atoms with E-state index in [1.807, 2.05) is 36.0 Å². The van der Waals surface area contributed by atoms with Gasteiger partial charge in [-0.25, -0.2) is 4.79 Å². The van der Waals surface area contributed by atoms with Gasteiger partial charge in [-0.3, -0.25) is 0 Å². The van der Waals surface area contributed by atoms with Crippen molar-refractivity contribution < 1.29 is 9.90 Å². The van der Waals surface area contributed by atoms with Crippen LogP contribution < -0.4 is 10.6 Å². The second-order valence-corrected chi connectivity index (χ2v) is 6.60. The van der Waals surface area contributed by atoms with Crippen LogP contribution in [0.25, 0.3) is 0 Å². The molecule has 0 radical (unpaired) electrons. The highest BCUT2D eigenvalue weighted by atomic mass is 32.2. The number of urea groups is 1. The van der Waals surface area contributed by atoms with Crippen LogP contribution in [0.2, 0.25) is 0 Å². The molecular formula is C15H22N2O2S. The zero-order valence-electron chi connectivity index (χ0n) is 11.8. The number of amides is 2. The van der Waals surface area contributed by atoms with Gasteiger partial charge in [0.15, 0.2) is 0 Å². The van der Waals surface area contributed by atoms with E-state index in [1.54, 1.807) is 6.92 Å². The van der Waals surface area contributed by atoms with Crippen molar-refractivity contribution in [1.82, 2.24) is 5.32 Å².